The second kappa shape index (κ2) is 8.87. The highest BCUT2D eigenvalue weighted by Crippen LogP contribution is 2.49. The van der Waals surface area contributed by atoms with Gasteiger partial charge in [-0.1, -0.05) is 25.3 Å². The summed E-state index contributed by atoms with van der Waals surface area (Å²) in [7, 11) is -3.01. The van der Waals surface area contributed by atoms with Crippen LogP contribution in [0.25, 0.3) is 0 Å². The molecule has 1 rings (SSSR count). The van der Waals surface area contributed by atoms with Gasteiger partial charge in [0.05, 0.1) is 13.2 Å². The van der Waals surface area contributed by atoms with Crippen molar-refractivity contribution in [3.63, 3.8) is 0 Å². The van der Waals surface area contributed by atoms with Gasteiger partial charge in [-0.2, -0.15) is 0 Å². The van der Waals surface area contributed by atoms with E-state index in [9.17, 15) is 4.57 Å². The van der Waals surface area contributed by atoms with Crippen LogP contribution in [0.4, 0.5) is 0 Å². The van der Waals surface area contributed by atoms with Gasteiger partial charge in [0.25, 0.3) is 0 Å². The minimum absolute atomic E-state index is 0.400. The van der Waals surface area contributed by atoms with E-state index < -0.39 is 7.60 Å². The van der Waals surface area contributed by atoms with Gasteiger partial charge in [0.1, 0.15) is 0 Å². The average Bonchev–Trinajstić information content (AvgIpc) is 2.37. The molecule has 5 heteroatoms. The zero-order valence-corrected chi connectivity index (χ0v) is 12.5. The summed E-state index contributed by atoms with van der Waals surface area (Å²) < 4.78 is 22.5. The van der Waals surface area contributed by atoms with Crippen molar-refractivity contribution in [2.75, 3.05) is 19.8 Å². The summed E-state index contributed by atoms with van der Waals surface area (Å²) in [6, 6.07) is 0.613. The first kappa shape index (κ1) is 15.9. The minimum Gasteiger partial charge on any atom is -0.311 e. The van der Waals surface area contributed by atoms with Crippen molar-refractivity contribution in [1.82, 2.24) is 5.32 Å². The van der Waals surface area contributed by atoms with Crippen molar-refractivity contribution < 1.29 is 13.6 Å². The Bertz CT molecular complexity index is 278. The summed E-state index contributed by atoms with van der Waals surface area (Å²) in [4.78, 5) is 0. The molecule has 0 aromatic carbocycles. The molecule has 1 aliphatic carbocycles. The SMILES string of the molecule is CCOP(=O)(/C=C/CNC1CCCCC1)OCC. The van der Waals surface area contributed by atoms with Crippen LogP contribution in [0.5, 0.6) is 0 Å². The van der Waals surface area contributed by atoms with E-state index in [1.165, 1.54) is 32.1 Å². The summed E-state index contributed by atoms with van der Waals surface area (Å²) in [5, 5.41) is 3.46. The van der Waals surface area contributed by atoms with E-state index in [0.717, 1.165) is 6.54 Å². The smallest absolute Gasteiger partial charge is 0.311 e. The van der Waals surface area contributed by atoms with E-state index in [1.54, 1.807) is 5.82 Å². The Morgan fingerprint density at radius 1 is 1.17 bits per heavy atom. The lowest BCUT2D eigenvalue weighted by Crippen LogP contribution is -2.30. The Labute approximate surface area is 111 Å². The Morgan fingerprint density at radius 3 is 2.33 bits per heavy atom. The molecule has 0 heterocycles. The minimum atomic E-state index is -3.01. The Balaban J connectivity index is 2.30. The van der Waals surface area contributed by atoms with E-state index in [2.05, 4.69) is 5.32 Å². The van der Waals surface area contributed by atoms with Gasteiger partial charge in [0, 0.05) is 18.4 Å². The normalized spacial score (nSPS) is 18.6. The van der Waals surface area contributed by atoms with Gasteiger partial charge in [-0.25, -0.2) is 0 Å². The van der Waals surface area contributed by atoms with E-state index >= 15 is 0 Å². The van der Waals surface area contributed by atoms with Crippen LogP contribution in [0.3, 0.4) is 0 Å². The number of nitrogens with one attached hydrogen (secondary N) is 1. The van der Waals surface area contributed by atoms with Crippen LogP contribution >= 0.6 is 7.60 Å². The second-order valence-electron chi connectivity index (χ2n) is 4.50. The molecule has 0 unspecified atom stereocenters. The fraction of sp³-hybridized carbons (Fsp3) is 0.846. The molecule has 0 aliphatic heterocycles. The molecule has 0 radical (unpaired) electrons. The predicted molar refractivity (Wildman–Crippen MR) is 74.9 cm³/mol. The lowest BCUT2D eigenvalue weighted by Gasteiger charge is -2.22. The molecule has 0 atom stereocenters. The van der Waals surface area contributed by atoms with Crippen molar-refractivity contribution >= 4 is 7.60 Å². The quantitative estimate of drug-likeness (QED) is 0.686. The molecule has 1 aliphatic rings. The zero-order chi connectivity index (χ0) is 13.3. The van der Waals surface area contributed by atoms with E-state index in [-0.39, 0.29) is 0 Å². The van der Waals surface area contributed by atoms with Gasteiger partial charge < -0.3 is 14.4 Å². The highest BCUT2D eigenvalue weighted by Gasteiger charge is 2.18. The topological polar surface area (TPSA) is 47.6 Å². The Morgan fingerprint density at radius 2 is 1.78 bits per heavy atom. The summed E-state index contributed by atoms with van der Waals surface area (Å²) in [5.41, 5.74) is 0. The fourth-order valence-corrected chi connectivity index (χ4v) is 3.54. The van der Waals surface area contributed by atoms with E-state index in [4.69, 9.17) is 9.05 Å². The van der Waals surface area contributed by atoms with Gasteiger partial charge in [0.15, 0.2) is 0 Å². The predicted octanol–water partition coefficient (Wildman–Crippen LogP) is 3.69. The Kier molecular flexibility index (Phi) is 7.84. The zero-order valence-electron chi connectivity index (χ0n) is 11.6. The van der Waals surface area contributed by atoms with Gasteiger partial charge in [-0.15, -0.1) is 0 Å². The molecule has 0 bridgehead atoms. The van der Waals surface area contributed by atoms with Crippen molar-refractivity contribution in [3.05, 3.63) is 11.9 Å². The van der Waals surface area contributed by atoms with Crippen molar-refractivity contribution in [3.8, 4) is 0 Å². The second-order valence-corrected chi connectivity index (χ2v) is 6.40. The molecule has 1 fully saturated rings. The largest absolute Gasteiger partial charge is 0.353 e. The number of hydrogen-bond donors (Lipinski definition) is 1. The summed E-state index contributed by atoms with van der Waals surface area (Å²) in [5.74, 6) is 1.58. The molecule has 1 N–H and O–H groups in total. The number of rotatable bonds is 8. The molecule has 106 valence electrons. The van der Waals surface area contributed by atoms with Crippen LogP contribution in [-0.2, 0) is 13.6 Å². The molecule has 18 heavy (non-hydrogen) atoms. The summed E-state index contributed by atoms with van der Waals surface area (Å²) >= 11 is 0. The van der Waals surface area contributed by atoms with Crippen LogP contribution in [-0.4, -0.2) is 25.8 Å². The molecule has 1 saturated carbocycles. The Hall–Kier alpha value is -0.150. The van der Waals surface area contributed by atoms with Crippen LogP contribution in [0.2, 0.25) is 0 Å². The maximum absolute atomic E-state index is 12.1. The van der Waals surface area contributed by atoms with Gasteiger partial charge >= 0.3 is 7.60 Å². The van der Waals surface area contributed by atoms with E-state index in [0.29, 0.717) is 19.3 Å². The molecule has 0 saturated heterocycles. The third kappa shape index (κ3) is 6.14. The van der Waals surface area contributed by atoms with Gasteiger partial charge in [0.2, 0.25) is 0 Å². The van der Waals surface area contributed by atoms with Gasteiger partial charge in [-0.3, -0.25) is 4.57 Å². The van der Waals surface area contributed by atoms with Crippen LogP contribution in [0.15, 0.2) is 11.9 Å². The van der Waals surface area contributed by atoms with Crippen molar-refractivity contribution in [1.29, 1.82) is 0 Å². The summed E-state index contributed by atoms with van der Waals surface area (Å²) in [6.45, 7) is 5.17. The molecular weight excluding hydrogens is 249 g/mol. The third-order valence-electron chi connectivity index (χ3n) is 3.04. The van der Waals surface area contributed by atoms with Crippen molar-refractivity contribution in [2.45, 2.75) is 52.0 Å². The molecular formula is C13H26NO3P. The average molecular weight is 275 g/mol. The van der Waals surface area contributed by atoms with Gasteiger partial charge in [-0.05, 0) is 26.7 Å². The van der Waals surface area contributed by atoms with Crippen LogP contribution in [0, 0.1) is 0 Å². The summed E-state index contributed by atoms with van der Waals surface area (Å²) in [6.07, 6.45) is 8.36. The first-order chi connectivity index (χ1) is 8.70. The lowest BCUT2D eigenvalue weighted by molar-refractivity contribution is 0.229. The third-order valence-corrected chi connectivity index (χ3v) is 4.85. The monoisotopic (exact) mass is 275 g/mol. The maximum atomic E-state index is 12.1. The van der Waals surface area contributed by atoms with Crippen molar-refractivity contribution in [2.24, 2.45) is 0 Å². The first-order valence-electron chi connectivity index (χ1n) is 7.00. The maximum Gasteiger partial charge on any atom is 0.353 e. The molecule has 0 amide bonds. The molecule has 0 spiro atoms. The number of hydrogen-bond acceptors (Lipinski definition) is 4. The van der Waals surface area contributed by atoms with Crippen LogP contribution in [0.1, 0.15) is 46.0 Å². The first-order valence-corrected chi connectivity index (χ1v) is 8.61. The molecule has 4 nitrogen and oxygen atoms in total. The van der Waals surface area contributed by atoms with E-state index in [1.807, 2.05) is 19.9 Å². The highest BCUT2D eigenvalue weighted by atomic mass is 31.2. The fourth-order valence-electron chi connectivity index (χ4n) is 2.21. The standard InChI is InChI=1S/C13H26NO3P/c1-3-16-18(15,17-4-2)12-8-11-14-13-9-6-5-7-10-13/h8,12-14H,3-7,9-11H2,1-2H3/b12-8+. The van der Waals surface area contributed by atoms with Crippen LogP contribution < -0.4 is 5.32 Å². The molecule has 0 aromatic heterocycles. The lowest BCUT2D eigenvalue weighted by atomic mass is 9.96. The molecule has 0 aromatic rings. The highest BCUT2D eigenvalue weighted by molar-refractivity contribution is 7.57.